The van der Waals surface area contributed by atoms with E-state index in [2.05, 4.69) is 10.6 Å². The van der Waals surface area contributed by atoms with Crippen molar-refractivity contribution in [2.45, 2.75) is 57.7 Å². The smallest absolute Gasteiger partial charge is 0.220 e. The third-order valence-corrected chi connectivity index (χ3v) is 4.30. The van der Waals surface area contributed by atoms with E-state index in [4.69, 9.17) is 4.42 Å². The number of rotatable bonds is 4. The highest BCUT2D eigenvalue weighted by Crippen LogP contribution is 2.32. The summed E-state index contributed by atoms with van der Waals surface area (Å²) in [6, 6.07) is 5.15. The molecule has 2 fully saturated rings. The van der Waals surface area contributed by atoms with Crippen LogP contribution in [0.4, 0.5) is 0 Å². The highest BCUT2D eigenvalue weighted by atomic mass is 16.3. The molecule has 4 heteroatoms. The van der Waals surface area contributed by atoms with E-state index in [1.54, 1.807) is 0 Å². The van der Waals surface area contributed by atoms with E-state index in [1.165, 1.54) is 12.8 Å². The molecule has 0 saturated carbocycles. The predicted molar refractivity (Wildman–Crippen MR) is 72.6 cm³/mol. The summed E-state index contributed by atoms with van der Waals surface area (Å²) in [5.41, 5.74) is 0. The first-order valence-corrected chi connectivity index (χ1v) is 7.27. The van der Waals surface area contributed by atoms with Gasteiger partial charge in [0.15, 0.2) is 0 Å². The van der Waals surface area contributed by atoms with Crippen LogP contribution in [0.15, 0.2) is 16.5 Å². The van der Waals surface area contributed by atoms with Crippen LogP contribution in [0.5, 0.6) is 0 Å². The molecular weight excluding hydrogens is 240 g/mol. The summed E-state index contributed by atoms with van der Waals surface area (Å²) in [6.07, 6.45) is 5.55. The van der Waals surface area contributed by atoms with Gasteiger partial charge in [-0.15, -0.1) is 0 Å². The fourth-order valence-electron chi connectivity index (χ4n) is 3.44. The zero-order valence-electron chi connectivity index (χ0n) is 11.4. The van der Waals surface area contributed by atoms with Crippen molar-refractivity contribution in [1.82, 2.24) is 10.6 Å². The fourth-order valence-corrected chi connectivity index (χ4v) is 3.44. The second kappa shape index (κ2) is 5.37. The van der Waals surface area contributed by atoms with Gasteiger partial charge in [0.25, 0.3) is 0 Å². The number of amides is 1. The van der Waals surface area contributed by atoms with Crippen LogP contribution < -0.4 is 10.6 Å². The van der Waals surface area contributed by atoms with E-state index in [-0.39, 0.29) is 5.91 Å². The minimum atomic E-state index is 0.153. The Bertz CT molecular complexity index is 443. The number of hydrogen-bond acceptors (Lipinski definition) is 3. The first-order valence-electron chi connectivity index (χ1n) is 7.27. The molecule has 2 unspecified atom stereocenters. The highest BCUT2D eigenvalue weighted by Gasteiger charge is 2.34. The second-order valence-electron chi connectivity index (χ2n) is 5.97. The Hall–Kier alpha value is -1.29. The number of fused-ring (bicyclic) bond motifs is 2. The van der Waals surface area contributed by atoms with E-state index in [0.717, 1.165) is 24.4 Å². The third-order valence-electron chi connectivity index (χ3n) is 4.30. The molecule has 0 aliphatic carbocycles. The lowest BCUT2D eigenvalue weighted by Gasteiger charge is -2.28. The third kappa shape index (κ3) is 3.18. The molecular formula is C15H22N2O2. The van der Waals surface area contributed by atoms with Gasteiger partial charge >= 0.3 is 0 Å². The van der Waals surface area contributed by atoms with Gasteiger partial charge < -0.3 is 15.1 Å². The van der Waals surface area contributed by atoms with Crippen molar-refractivity contribution in [3.05, 3.63) is 23.7 Å². The number of carbonyl (C=O) groups is 1. The standard InChI is InChI=1S/C15H22N2O2/c1-10-2-5-14(19-10)9-16-15(18)8-11-6-12-3-4-13(7-11)17-12/h2,5,11-13,17H,3-4,6-9H2,1H3,(H,16,18). The van der Waals surface area contributed by atoms with Gasteiger partial charge in [-0.25, -0.2) is 0 Å². The summed E-state index contributed by atoms with van der Waals surface area (Å²) < 4.78 is 5.44. The maximum absolute atomic E-state index is 12.0. The molecule has 4 nitrogen and oxygen atoms in total. The zero-order chi connectivity index (χ0) is 13.2. The van der Waals surface area contributed by atoms with Crippen molar-refractivity contribution in [3.8, 4) is 0 Å². The lowest BCUT2D eigenvalue weighted by atomic mass is 9.89. The van der Waals surface area contributed by atoms with Crippen LogP contribution in [0.3, 0.4) is 0 Å². The van der Waals surface area contributed by atoms with Crippen LogP contribution in [0, 0.1) is 12.8 Å². The molecule has 1 aromatic rings. The van der Waals surface area contributed by atoms with Crippen molar-refractivity contribution >= 4 is 5.91 Å². The first-order chi connectivity index (χ1) is 9.19. The predicted octanol–water partition coefficient (Wildman–Crippen LogP) is 2.12. The van der Waals surface area contributed by atoms with Crippen molar-refractivity contribution in [3.63, 3.8) is 0 Å². The monoisotopic (exact) mass is 262 g/mol. The summed E-state index contributed by atoms with van der Waals surface area (Å²) in [5.74, 6) is 2.42. The van der Waals surface area contributed by atoms with Crippen molar-refractivity contribution in [2.24, 2.45) is 5.92 Å². The van der Waals surface area contributed by atoms with Crippen LogP contribution in [-0.4, -0.2) is 18.0 Å². The Morgan fingerprint density at radius 3 is 2.74 bits per heavy atom. The first kappa shape index (κ1) is 12.7. The Kier molecular flexibility index (Phi) is 3.60. The lowest BCUT2D eigenvalue weighted by molar-refractivity contribution is -0.122. The Balaban J connectivity index is 1.44. The largest absolute Gasteiger partial charge is 0.465 e. The van der Waals surface area contributed by atoms with Crippen molar-refractivity contribution in [2.75, 3.05) is 0 Å². The van der Waals surface area contributed by atoms with Crippen LogP contribution in [0.25, 0.3) is 0 Å². The van der Waals surface area contributed by atoms with E-state index in [1.807, 2.05) is 19.1 Å². The lowest BCUT2D eigenvalue weighted by Crippen LogP contribution is -2.39. The summed E-state index contributed by atoms with van der Waals surface area (Å²) in [4.78, 5) is 12.0. The molecule has 0 radical (unpaired) electrons. The van der Waals surface area contributed by atoms with Gasteiger partial charge in [-0.2, -0.15) is 0 Å². The van der Waals surface area contributed by atoms with Gasteiger partial charge in [0.1, 0.15) is 11.5 Å². The van der Waals surface area contributed by atoms with Gasteiger partial charge in [-0.3, -0.25) is 4.79 Å². The summed E-state index contributed by atoms with van der Waals surface area (Å²) >= 11 is 0. The number of nitrogens with one attached hydrogen (secondary N) is 2. The Morgan fingerprint density at radius 2 is 2.11 bits per heavy atom. The normalized spacial score (nSPS) is 29.4. The molecule has 0 aromatic carbocycles. The fraction of sp³-hybridized carbons (Fsp3) is 0.667. The molecule has 104 valence electrons. The van der Waals surface area contributed by atoms with Gasteiger partial charge in [-0.05, 0) is 50.7 Å². The number of hydrogen-bond donors (Lipinski definition) is 2. The van der Waals surface area contributed by atoms with E-state index < -0.39 is 0 Å². The highest BCUT2D eigenvalue weighted by molar-refractivity contribution is 5.76. The molecule has 2 aliphatic rings. The average molecular weight is 262 g/mol. The Morgan fingerprint density at radius 1 is 1.37 bits per heavy atom. The molecule has 2 bridgehead atoms. The molecule has 3 heterocycles. The number of piperidine rings is 1. The van der Waals surface area contributed by atoms with Crippen LogP contribution in [0.2, 0.25) is 0 Å². The van der Waals surface area contributed by atoms with Crippen molar-refractivity contribution in [1.29, 1.82) is 0 Å². The quantitative estimate of drug-likeness (QED) is 0.874. The van der Waals surface area contributed by atoms with Gasteiger partial charge in [-0.1, -0.05) is 0 Å². The number of furan rings is 1. The number of carbonyl (C=O) groups excluding carboxylic acids is 1. The van der Waals surface area contributed by atoms with E-state index >= 15 is 0 Å². The molecule has 3 rings (SSSR count). The molecule has 19 heavy (non-hydrogen) atoms. The molecule has 2 atom stereocenters. The van der Waals surface area contributed by atoms with E-state index in [9.17, 15) is 4.79 Å². The van der Waals surface area contributed by atoms with Crippen LogP contribution in [0.1, 0.15) is 43.6 Å². The molecule has 2 saturated heterocycles. The maximum Gasteiger partial charge on any atom is 0.220 e. The van der Waals surface area contributed by atoms with Crippen LogP contribution >= 0.6 is 0 Å². The zero-order valence-corrected chi connectivity index (χ0v) is 11.4. The molecule has 2 aliphatic heterocycles. The summed E-state index contributed by atoms with van der Waals surface area (Å²) in [6.45, 7) is 2.42. The van der Waals surface area contributed by atoms with Crippen LogP contribution in [-0.2, 0) is 11.3 Å². The topological polar surface area (TPSA) is 54.3 Å². The maximum atomic E-state index is 12.0. The number of aryl methyl sites for hydroxylation is 1. The minimum absolute atomic E-state index is 0.153. The SMILES string of the molecule is Cc1ccc(CNC(=O)CC2CC3CCC(C2)N3)o1. The van der Waals surface area contributed by atoms with E-state index in [0.29, 0.717) is 31.0 Å². The second-order valence-corrected chi connectivity index (χ2v) is 5.97. The molecule has 0 spiro atoms. The average Bonchev–Trinajstić information content (AvgIpc) is 2.93. The molecule has 2 N–H and O–H groups in total. The summed E-state index contributed by atoms with van der Waals surface area (Å²) in [7, 11) is 0. The van der Waals surface area contributed by atoms with Gasteiger partial charge in [0.2, 0.25) is 5.91 Å². The summed E-state index contributed by atoms with van der Waals surface area (Å²) in [5, 5.41) is 6.56. The van der Waals surface area contributed by atoms with Crippen molar-refractivity contribution < 1.29 is 9.21 Å². The van der Waals surface area contributed by atoms with Gasteiger partial charge in [0.05, 0.1) is 6.54 Å². The Labute approximate surface area is 113 Å². The van der Waals surface area contributed by atoms with Gasteiger partial charge in [0, 0.05) is 18.5 Å². The molecule has 1 aromatic heterocycles. The molecule has 1 amide bonds. The minimum Gasteiger partial charge on any atom is -0.465 e.